The van der Waals surface area contributed by atoms with E-state index in [1.54, 1.807) is 0 Å². The molecule has 2 rings (SSSR count). The van der Waals surface area contributed by atoms with Gasteiger partial charge in [0.05, 0.1) is 0 Å². The van der Waals surface area contributed by atoms with Gasteiger partial charge in [-0.15, -0.1) is 0 Å². The van der Waals surface area contributed by atoms with E-state index in [2.05, 4.69) is 37.9 Å². The van der Waals surface area contributed by atoms with Crippen molar-refractivity contribution in [2.45, 2.75) is 25.3 Å². The Hall–Kier alpha value is -0.570. The van der Waals surface area contributed by atoms with Crippen LogP contribution in [0.5, 0.6) is 0 Å². The fourth-order valence-corrected chi connectivity index (χ4v) is 2.62. The second-order valence-corrected chi connectivity index (χ2v) is 4.45. The molecular formula is C11H15BrN2. The molecule has 0 radical (unpaired) electrons. The summed E-state index contributed by atoms with van der Waals surface area (Å²) in [5.41, 5.74) is 0. The highest BCUT2D eigenvalue weighted by Gasteiger charge is 2.24. The summed E-state index contributed by atoms with van der Waals surface area (Å²) < 4.78 is 0. The van der Waals surface area contributed by atoms with Crippen LogP contribution in [0, 0.1) is 0 Å². The molecule has 14 heavy (non-hydrogen) atoms. The van der Waals surface area contributed by atoms with Crippen LogP contribution in [0.2, 0.25) is 0 Å². The van der Waals surface area contributed by atoms with Crippen LogP contribution in [0.4, 0.5) is 5.82 Å². The highest BCUT2D eigenvalue weighted by Crippen LogP contribution is 2.25. The molecule has 0 aromatic carbocycles. The number of pyridine rings is 1. The van der Waals surface area contributed by atoms with Crippen molar-refractivity contribution in [3.05, 3.63) is 24.4 Å². The first-order valence-corrected chi connectivity index (χ1v) is 6.27. The van der Waals surface area contributed by atoms with E-state index in [0.29, 0.717) is 6.04 Å². The zero-order chi connectivity index (χ0) is 9.80. The van der Waals surface area contributed by atoms with E-state index >= 15 is 0 Å². The fraction of sp³-hybridized carbons (Fsp3) is 0.545. The molecule has 1 saturated heterocycles. The SMILES string of the molecule is BrCCC1CCCN1c1ccccn1. The summed E-state index contributed by atoms with van der Waals surface area (Å²) in [6, 6.07) is 6.82. The van der Waals surface area contributed by atoms with Crippen molar-refractivity contribution in [3.63, 3.8) is 0 Å². The molecule has 2 heterocycles. The van der Waals surface area contributed by atoms with Gasteiger partial charge in [0.25, 0.3) is 0 Å². The number of alkyl halides is 1. The third-order valence-electron chi connectivity index (χ3n) is 2.76. The average molecular weight is 255 g/mol. The van der Waals surface area contributed by atoms with Gasteiger partial charge in [-0.25, -0.2) is 4.98 Å². The van der Waals surface area contributed by atoms with E-state index in [4.69, 9.17) is 0 Å². The Kier molecular flexibility index (Phi) is 3.40. The number of anilines is 1. The minimum Gasteiger partial charge on any atom is -0.354 e. The number of rotatable bonds is 3. The zero-order valence-corrected chi connectivity index (χ0v) is 9.78. The van der Waals surface area contributed by atoms with E-state index < -0.39 is 0 Å². The van der Waals surface area contributed by atoms with Crippen molar-refractivity contribution in [1.82, 2.24) is 4.98 Å². The Balaban J connectivity index is 2.10. The summed E-state index contributed by atoms with van der Waals surface area (Å²) >= 11 is 3.51. The smallest absolute Gasteiger partial charge is 0.128 e. The molecule has 0 amide bonds. The molecule has 1 aliphatic rings. The molecule has 1 atom stereocenters. The summed E-state index contributed by atoms with van der Waals surface area (Å²) in [6.45, 7) is 1.16. The zero-order valence-electron chi connectivity index (χ0n) is 8.19. The first-order chi connectivity index (χ1) is 6.92. The van der Waals surface area contributed by atoms with E-state index in [0.717, 1.165) is 17.7 Å². The average Bonchev–Trinajstić information content (AvgIpc) is 2.68. The van der Waals surface area contributed by atoms with Gasteiger partial charge in [-0.1, -0.05) is 22.0 Å². The lowest BCUT2D eigenvalue weighted by atomic mass is 10.2. The Morgan fingerprint density at radius 1 is 1.50 bits per heavy atom. The standard InChI is InChI=1S/C11H15BrN2/c12-7-6-10-4-3-9-14(10)11-5-1-2-8-13-11/h1-2,5,8,10H,3-4,6-7,9H2. The topological polar surface area (TPSA) is 16.1 Å². The molecule has 1 aromatic heterocycles. The van der Waals surface area contributed by atoms with Gasteiger partial charge >= 0.3 is 0 Å². The number of aromatic nitrogens is 1. The Morgan fingerprint density at radius 2 is 2.43 bits per heavy atom. The molecule has 0 N–H and O–H groups in total. The molecule has 3 heteroatoms. The molecule has 0 bridgehead atoms. The lowest BCUT2D eigenvalue weighted by Crippen LogP contribution is -2.30. The molecule has 0 aliphatic carbocycles. The highest BCUT2D eigenvalue weighted by atomic mass is 79.9. The molecule has 2 nitrogen and oxygen atoms in total. The summed E-state index contributed by atoms with van der Waals surface area (Å²) in [6.07, 6.45) is 5.70. The minimum absolute atomic E-state index is 0.685. The highest BCUT2D eigenvalue weighted by molar-refractivity contribution is 9.09. The lowest BCUT2D eigenvalue weighted by Gasteiger charge is -2.24. The van der Waals surface area contributed by atoms with Crippen molar-refractivity contribution in [1.29, 1.82) is 0 Å². The lowest BCUT2D eigenvalue weighted by molar-refractivity contribution is 0.647. The van der Waals surface area contributed by atoms with Gasteiger partial charge in [0, 0.05) is 24.1 Å². The number of hydrogen-bond acceptors (Lipinski definition) is 2. The van der Waals surface area contributed by atoms with Gasteiger partial charge in [0.15, 0.2) is 0 Å². The Bertz CT molecular complexity index is 276. The molecule has 1 unspecified atom stereocenters. The van der Waals surface area contributed by atoms with Crippen LogP contribution in [0.15, 0.2) is 24.4 Å². The molecular weight excluding hydrogens is 240 g/mol. The second-order valence-electron chi connectivity index (χ2n) is 3.66. The largest absolute Gasteiger partial charge is 0.354 e. The quantitative estimate of drug-likeness (QED) is 0.772. The van der Waals surface area contributed by atoms with Gasteiger partial charge in [-0.05, 0) is 31.4 Å². The molecule has 1 fully saturated rings. The van der Waals surface area contributed by atoms with Crippen molar-refractivity contribution in [3.8, 4) is 0 Å². The van der Waals surface area contributed by atoms with Crippen LogP contribution in [0.3, 0.4) is 0 Å². The summed E-state index contributed by atoms with van der Waals surface area (Å²) in [5.74, 6) is 1.14. The monoisotopic (exact) mass is 254 g/mol. The van der Waals surface area contributed by atoms with Crippen molar-refractivity contribution in [2.24, 2.45) is 0 Å². The number of nitrogens with zero attached hydrogens (tertiary/aromatic N) is 2. The summed E-state index contributed by atoms with van der Waals surface area (Å²) in [7, 11) is 0. The maximum atomic E-state index is 4.40. The van der Waals surface area contributed by atoms with Crippen LogP contribution in [0.1, 0.15) is 19.3 Å². The van der Waals surface area contributed by atoms with Gasteiger partial charge in [-0.2, -0.15) is 0 Å². The maximum absolute atomic E-state index is 4.40. The molecule has 1 aliphatic heterocycles. The van der Waals surface area contributed by atoms with E-state index in [-0.39, 0.29) is 0 Å². The Labute approximate surface area is 93.5 Å². The van der Waals surface area contributed by atoms with E-state index in [1.807, 2.05) is 12.3 Å². The molecule has 76 valence electrons. The normalized spacial score (nSPS) is 21.5. The van der Waals surface area contributed by atoms with Crippen LogP contribution < -0.4 is 4.90 Å². The van der Waals surface area contributed by atoms with E-state index in [9.17, 15) is 0 Å². The van der Waals surface area contributed by atoms with E-state index in [1.165, 1.54) is 19.3 Å². The minimum atomic E-state index is 0.685. The van der Waals surface area contributed by atoms with Gasteiger partial charge in [-0.3, -0.25) is 0 Å². The third kappa shape index (κ3) is 2.08. The maximum Gasteiger partial charge on any atom is 0.128 e. The predicted molar refractivity (Wildman–Crippen MR) is 63.0 cm³/mol. The molecule has 0 saturated carbocycles. The van der Waals surface area contributed by atoms with Gasteiger partial charge < -0.3 is 4.90 Å². The number of hydrogen-bond donors (Lipinski definition) is 0. The van der Waals surface area contributed by atoms with Gasteiger partial charge in [0.2, 0.25) is 0 Å². The molecule has 1 aromatic rings. The number of halogens is 1. The van der Waals surface area contributed by atoms with Gasteiger partial charge in [0.1, 0.15) is 5.82 Å². The van der Waals surface area contributed by atoms with Crippen LogP contribution in [-0.4, -0.2) is 22.9 Å². The van der Waals surface area contributed by atoms with Crippen molar-refractivity contribution in [2.75, 3.05) is 16.8 Å². The fourth-order valence-electron chi connectivity index (χ4n) is 2.09. The summed E-state index contributed by atoms with van der Waals surface area (Å²) in [4.78, 5) is 6.84. The second kappa shape index (κ2) is 4.78. The van der Waals surface area contributed by atoms with Crippen LogP contribution in [0.25, 0.3) is 0 Å². The third-order valence-corrected chi connectivity index (χ3v) is 3.22. The van der Waals surface area contributed by atoms with Crippen LogP contribution >= 0.6 is 15.9 Å². The first-order valence-electron chi connectivity index (χ1n) is 5.15. The van der Waals surface area contributed by atoms with Crippen LogP contribution in [-0.2, 0) is 0 Å². The van der Waals surface area contributed by atoms with Crippen molar-refractivity contribution >= 4 is 21.7 Å². The van der Waals surface area contributed by atoms with Crippen molar-refractivity contribution < 1.29 is 0 Å². The summed E-state index contributed by atoms with van der Waals surface area (Å²) in [5, 5.41) is 1.08. The Morgan fingerprint density at radius 3 is 3.14 bits per heavy atom. The predicted octanol–water partition coefficient (Wildman–Crippen LogP) is 2.84. The molecule has 0 spiro atoms. The first kappa shape index (κ1) is 9.97.